The van der Waals surface area contributed by atoms with Crippen LogP contribution in [0, 0.1) is 5.92 Å². The van der Waals surface area contributed by atoms with Crippen LogP contribution in [0.1, 0.15) is 33.6 Å². The second kappa shape index (κ2) is 9.88. The minimum Gasteiger partial charge on any atom is -0.385 e. The summed E-state index contributed by atoms with van der Waals surface area (Å²) >= 11 is 0. The highest BCUT2D eigenvalue weighted by molar-refractivity contribution is 5.76. The number of nitrogens with one attached hydrogen (secondary N) is 1. The van der Waals surface area contributed by atoms with Crippen LogP contribution in [0.2, 0.25) is 0 Å². The van der Waals surface area contributed by atoms with Crippen LogP contribution < -0.4 is 5.32 Å². The van der Waals surface area contributed by atoms with Gasteiger partial charge in [0.2, 0.25) is 11.8 Å². The number of hydrogen-bond donors (Lipinski definition) is 1. The lowest BCUT2D eigenvalue weighted by molar-refractivity contribution is -0.129. The first kappa shape index (κ1) is 16.9. The van der Waals surface area contributed by atoms with Gasteiger partial charge < -0.3 is 15.0 Å². The maximum absolute atomic E-state index is 11.4. The van der Waals surface area contributed by atoms with E-state index in [0.29, 0.717) is 38.6 Å². The molecule has 5 nitrogen and oxygen atoms in total. The molecule has 0 saturated carbocycles. The van der Waals surface area contributed by atoms with Crippen LogP contribution >= 0.6 is 0 Å². The van der Waals surface area contributed by atoms with Gasteiger partial charge in [-0.15, -0.1) is 0 Å². The van der Waals surface area contributed by atoms with Gasteiger partial charge in [0.05, 0.1) is 0 Å². The molecule has 18 heavy (non-hydrogen) atoms. The average molecular weight is 258 g/mol. The van der Waals surface area contributed by atoms with E-state index in [1.807, 2.05) is 13.8 Å². The normalized spacial score (nSPS) is 10.5. The molecule has 0 rings (SSSR count). The van der Waals surface area contributed by atoms with E-state index in [4.69, 9.17) is 4.74 Å². The van der Waals surface area contributed by atoms with Crippen LogP contribution in [0.5, 0.6) is 0 Å². The molecule has 106 valence electrons. The molecular formula is C13H26N2O3. The lowest BCUT2D eigenvalue weighted by Crippen LogP contribution is -2.38. The van der Waals surface area contributed by atoms with E-state index >= 15 is 0 Å². The number of ether oxygens (including phenoxy) is 1. The number of carbonyl (C=O) groups excluding carboxylic acids is 2. The van der Waals surface area contributed by atoms with Gasteiger partial charge in [0, 0.05) is 46.7 Å². The van der Waals surface area contributed by atoms with Gasteiger partial charge in [-0.1, -0.05) is 13.8 Å². The molecule has 0 fully saturated rings. The third-order valence-corrected chi connectivity index (χ3v) is 2.52. The summed E-state index contributed by atoms with van der Waals surface area (Å²) in [5, 5.41) is 2.83. The lowest BCUT2D eigenvalue weighted by atomic mass is 10.1. The van der Waals surface area contributed by atoms with E-state index in [9.17, 15) is 9.59 Å². The molecule has 0 unspecified atom stereocenters. The number of rotatable bonds is 9. The summed E-state index contributed by atoms with van der Waals surface area (Å²) in [5.74, 6) is 0.435. The van der Waals surface area contributed by atoms with E-state index in [2.05, 4.69) is 5.32 Å². The minimum atomic E-state index is 0.0317. The SMILES string of the molecule is COCCCN(CCNC(=O)CC(C)C)C(C)=O. The molecule has 0 saturated heterocycles. The first-order valence-electron chi connectivity index (χ1n) is 6.48. The van der Waals surface area contributed by atoms with Crippen molar-refractivity contribution in [2.45, 2.75) is 33.6 Å². The monoisotopic (exact) mass is 258 g/mol. The summed E-state index contributed by atoms with van der Waals surface area (Å²) in [5.41, 5.74) is 0. The Kier molecular flexibility index (Phi) is 9.28. The molecule has 0 radical (unpaired) electrons. The lowest BCUT2D eigenvalue weighted by Gasteiger charge is -2.21. The van der Waals surface area contributed by atoms with Crippen molar-refractivity contribution in [3.8, 4) is 0 Å². The van der Waals surface area contributed by atoms with Gasteiger partial charge in [-0.25, -0.2) is 0 Å². The van der Waals surface area contributed by atoms with Crippen molar-refractivity contribution in [3.05, 3.63) is 0 Å². The standard InChI is InChI=1S/C13H26N2O3/c1-11(2)10-13(17)14-6-8-15(12(3)16)7-5-9-18-4/h11H,5-10H2,1-4H3,(H,14,17). The first-order chi connectivity index (χ1) is 8.47. The molecule has 0 spiro atoms. The third-order valence-electron chi connectivity index (χ3n) is 2.52. The Morgan fingerprint density at radius 3 is 2.44 bits per heavy atom. The van der Waals surface area contributed by atoms with E-state index in [0.717, 1.165) is 6.42 Å². The zero-order valence-electron chi connectivity index (χ0n) is 12.0. The average Bonchev–Trinajstić information content (AvgIpc) is 2.25. The van der Waals surface area contributed by atoms with Crippen LogP contribution in [-0.2, 0) is 14.3 Å². The zero-order chi connectivity index (χ0) is 14.0. The van der Waals surface area contributed by atoms with Crippen LogP contribution in [0.3, 0.4) is 0 Å². The largest absolute Gasteiger partial charge is 0.385 e. The fourth-order valence-electron chi connectivity index (χ4n) is 1.60. The summed E-state index contributed by atoms with van der Waals surface area (Å²) in [6.45, 7) is 7.94. The van der Waals surface area contributed by atoms with Crippen LogP contribution in [0.15, 0.2) is 0 Å². The summed E-state index contributed by atoms with van der Waals surface area (Å²) in [6.07, 6.45) is 1.35. The maximum Gasteiger partial charge on any atom is 0.220 e. The van der Waals surface area contributed by atoms with Crippen LogP contribution in [0.25, 0.3) is 0 Å². The van der Waals surface area contributed by atoms with Crippen molar-refractivity contribution in [3.63, 3.8) is 0 Å². The third kappa shape index (κ3) is 8.98. The zero-order valence-corrected chi connectivity index (χ0v) is 12.0. The Hall–Kier alpha value is -1.10. The van der Waals surface area contributed by atoms with E-state index < -0.39 is 0 Å². The Balaban J connectivity index is 3.83. The number of amides is 2. The predicted molar refractivity (Wildman–Crippen MR) is 71.2 cm³/mol. The van der Waals surface area contributed by atoms with Gasteiger partial charge in [0.25, 0.3) is 0 Å². The molecule has 0 aromatic heterocycles. The molecule has 0 atom stereocenters. The summed E-state index contributed by atoms with van der Waals surface area (Å²) in [6, 6.07) is 0. The van der Waals surface area contributed by atoms with Crippen molar-refractivity contribution >= 4 is 11.8 Å². The van der Waals surface area contributed by atoms with Gasteiger partial charge >= 0.3 is 0 Å². The van der Waals surface area contributed by atoms with E-state index in [1.54, 1.807) is 18.9 Å². The summed E-state index contributed by atoms with van der Waals surface area (Å²) in [7, 11) is 1.64. The highest BCUT2D eigenvalue weighted by Crippen LogP contribution is 1.98. The fraction of sp³-hybridized carbons (Fsp3) is 0.846. The summed E-state index contributed by atoms with van der Waals surface area (Å²) in [4.78, 5) is 24.5. The Labute approximate surface area is 110 Å². The molecule has 1 N–H and O–H groups in total. The second-order valence-electron chi connectivity index (χ2n) is 4.80. The van der Waals surface area contributed by atoms with E-state index in [-0.39, 0.29) is 11.8 Å². The molecule has 0 aliphatic heterocycles. The van der Waals surface area contributed by atoms with Crippen molar-refractivity contribution < 1.29 is 14.3 Å². The minimum absolute atomic E-state index is 0.0317. The Bertz CT molecular complexity index is 255. The molecule has 0 aliphatic rings. The van der Waals surface area contributed by atoms with Crippen molar-refractivity contribution in [2.24, 2.45) is 5.92 Å². The van der Waals surface area contributed by atoms with Crippen LogP contribution in [0.4, 0.5) is 0 Å². The predicted octanol–water partition coefficient (Wildman–Crippen LogP) is 1.03. The smallest absolute Gasteiger partial charge is 0.220 e. The Morgan fingerprint density at radius 2 is 1.94 bits per heavy atom. The van der Waals surface area contributed by atoms with Gasteiger partial charge in [-0.3, -0.25) is 9.59 Å². The van der Waals surface area contributed by atoms with Crippen molar-refractivity contribution in [1.29, 1.82) is 0 Å². The highest BCUT2D eigenvalue weighted by Gasteiger charge is 2.09. The highest BCUT2D eigenvalue weighted by atomic mass is 16.5. The number of carbonyl (C=O) groups is 2. The number of nitrogens with zero attached hydrogens (tertiary/aromatic N) is 1. The quantitative estimate of drug-likeness (QED) is 0.629. The second-order valence-corrected chi connectivity index (χ2v) is 4.80. The van der Waals surface area contributed by atoms with Gasteiger partial charge in [-0.2, -0.15) is 0 Å². The molecular weight excluding hydrogens is 232 g/mol. The molecule has 0 bridgehead atoms. The molecule has 0 heterocycles. The molecule has 0 aromatic carbocycles. The first-order valence-corrected chi connectivity index (χ1v) is 6.48. The van der Waals surface area contributed by atoms with E-state index in [1.165, 1.54) is 0 Å². The molecule has 5 heteroatoms. The number of hydrogen-bond acceptors (Lipinski definition) is 3. The Morgan fingerprint density at radius 1 is 1.28 bits per heavy atom. The number of methoxy groups -OCH3 is 1. The fourth-order valence-corrected chi connectivity index (χ4v) is 1.60. The molecule has 0 aliphatic carbocycles. The van der Waals surface area contributed by atoms with Crippen molar-refractivity contribution in [2.75, 3.05) is 33.4 Å². The van der Waals surface area contributed by atoms with Crippen LogP contribution in [-0.4, -0.2) is 50.1 Å². The molecule has 2 amide bonds. The van der Waals surface area contributed by atoms with Crippen molar-refractivity contribution in [1.82, 2.24) is 10.2 Å². The van der Waals surface area contributed by atoms with Gasteiger partial charge in [-0.05, 0) is 12.3 Å². The maximum atomic E-state index is 11.4. The molecule has 0 aromatic rings. The topological polar surface area (TPSA) is 58.6 Å². The summed E-state index contributed by atoms with van der Waals surface area (Å²) < 4.78 is 4.95. The van der Waals surface area contributed by atoms with Gasteiger partial charge in [0.1, 0.15) is 0 Å². The van der Waals surface area contributed by atoms with Gasteiger partial charge in [0.15, 0.2) is 0 Å².